The molecule has 1 atom stereocenters. The Bertz CT molecular complexity index is 869. The molecule has 4 rings (SSSR count). The van der Waals surface area contributed by atoms with Gasteiger partial charge in [-0.3, -0.25) is 4.90 Å². The van der Waals surface area contributed by atoms with Gasteiger partial charge in [-0.05, 0) is 35.4 Å². The van der Waals surface area contributed by atoms with E-state index in [0.717, 1.165) is 50.6 Å². The first-order valence-corrected chi connectivity index (χ1v) is 9.51. The van der Waals surface area contributed by atoms with Crippen LogP contribution in [-0.4, -0.2) is 52.5 Å². The van der Waals surface area contributed by atoms with Crippen molar-refractivity contribution >= 4 is 12.4 Å². The molecule has 1 N–H and O–H groups in total. The lowest BCUT2D eigenvalue weighted by atomic mass is 10.0. The summed E-state index contributed by atoms with van der Waals surface area (Å²) >= 11 is 0. The van der Waals surface area contributed by atoms with Crippen LogP contribution in [0.4, 0.5) is 4.39 Å². The van der Waals surface area contributed by atoms with Gasteiger partial charge in [0.2, 0.25) is 0 Å². The molecule has 0 spiro atoms. The average Bonchev–Trinajstić information content (AvgIpc) is 3.27. The number of nitrogens with one attached hydrogen (secondary N) is 1. The molecule has 0 aliphatic carbocycles. The predicted octanol–water partition coefficient (Wildman–Crippen LogP) is 2.99. The summed E-state index contributed by atoms with van der Waals surface area (Å²) in [7, 11) is 0. The van der Waals surface area contributed by atoms with Crippen molar-refractivity contribution in [3.63, 3.8) is 0 Å². The molecule has 1 aliphatic heterocycles. The van der Waals surface area contributed by atoms with Gasteiger partial charge in [-0.25, -0.2) is 14.1 Å². The van der Waals surface area contributed by atoms with Crippen molar-refractivity contribution in [2.24, 2.45) is 0 Å². The molecular formula is C21H25ClFN5O. The molecule has 1 fully saturated rings. The number of morpholine rings is 1. The maximum absolute atomic E-state index is 13.8. The molecule has 154 valence electrons. The maximum atomic E-state index is 13.8. The fourth-order valence-electron chi connectivity index (χ4n) is 3.52. The Balaban J connectivity index is 0.00000240. The molecule has 6 nitrogen and oxygen atoms in total. The molecule has 0 amide bonds. The van der Waals surface area contributed by atoms with Crippen LogP contribution in [0.3, 0.4) is 0 Å². The van der Waals surface area contributed by atoms with Crippen molar-refractivity contribution < 1.29 is 9.13 Å². The van der Waals surface area contributed by atoms with Crippen molar-refractivity contribution in [2.45, 2.75) is 12.6 Å². The van der Waals surface area contributed by atoms with Crippen molar-refractivity contribution in [3.8, 4) is 5.69 Å². The fraction of sp³-hybridized carbons (Fsp3) is 0.333. The molecule has 2 aromatic carbocycles. The zero-order chi connectivity index (χ0) is 19.2. The van der Waals surface area contributed by atoms with Crippen LogP contribution in [0, 0.1) is 5.82 Å². The normalized spacial score (nSPS) is 15.6. The van der Waals surface area contributed by atoms with E-state index in [1.165, 1.54) is 18.0 Å². The Labute approximate surface area is 176 Å². The van der Waals surface area contributed by atoms with Crippen molar-refractivity contribution in [1.29, 1.82) is 0 Å². The van der Waals surface area contributed by atoms with Crippen molar-refractivity contribution in [3.05, 3.63) is 78.1 Å². The highest BCUT2D eigenvalue weighted by Crippen LogP contribution is 2.22. The monoisotopic (exact) mass is 417 g/mol. The number of hydrogen-bond acceptors (Lipinski definition) is 5. The van der Waals surface area contributed by atoms with Crippen LogP contribution in [0.1, 0.15) is 17.2 Å². The Morgan fingerprint density at radius 1 is 1.10 bits per heavy atom. The van der Waals surface area contributed by atoms with Crippen molar-refractivity contribution in [2.75, 3.05) is 32.8 Å². The van der Waals surface area contributed by atoms with Gasteiger partial charge in [0.15, 0.2) is 0 Å². The molecule has 29 heavy (non-hydrogen) atoms. The highest BCUT2D eigenvalue weighted by molar-refractivity contribution is 5.85. The first kappa shape index (κ1) is 21.4. The van der Waals surface area contributed by atoms with Gasteiger partial charge >= 0.3 is 0 Å². The topological polar surface area (TPSA) is 55.2 Å². The van der Waals surface area contributed by atoms with E-state index in [1.54, 1.807) is 23.1 Å². The molecule has 3 aromatic rings. The molecule has 0 saturated carbocycles. The summed E-state index contributed by atoms with van der Waals surface area (Å²) in [6, 6.07) is 15.2. The van der Waals surface area contributed by atoms with E-state index in [9.17, 15) is 4.39 Å². The van der Waals surface area contributed by atoms with E-state index in [4.69, 9.17) is 4.74 Å². The lowest BCUT2D eigenvalue weighted by Crippen LogP contribution is -2.42. The second-order valence-electron chi connectivity index (χ2n) is 6.86. The molecule has 1 saturated heterocycles. The molecule has 0 bridgehead atoms. The first-order chi connectivity index (χ1) is 13.8. The SMILES string of the molecule is Cl.Fc1cccc(C(CNCc2ccc(-n3cncn3)cc2)N2CCOCC2)c1. The van der Waals surface area contributed by atoms with E-state index in [2.05, 4.69) is 32.4 Å². The fourth-order valence-corrected chi connectivity index (χ4v) is 3.52. The summed E-state index contributed by atoms with van der Waals surface area (Å²) in [4.78, 5) is 6.33. The van der Waals surface area contributed by atoms with E-state index in [1.807, 2.05) is 18.2 Å². The van der Waals surface area contributed by atoms with Crippen molar-refractivity contribution in [1.82, 2.24) is 25.0 Å². The first-order valence-electron chi connectivity index (χ1n) is 9.51. The number of halogens is 2. The minimum Gasteiger partial charge on any atom is -0.379 e. The van der Waals surface area contributed by atoms with Gasteiger partial charge in [-0.1, -0.05) is 24.3 Å². The van der Waals surface area contributed by atoms with Gasteiger partial charge in [0.25, 0.3) is 0 Å². The molecule has 2 heterocycles. The summed E-state index contributed by atoms with van der Waals surface area (Å²) in [5.74, 6) is -0.195. The molecule has 8 heteroatoms. The Morgan fingerprint density at radius 3 is 2.59 bits per heavy atom. The summed E-state index contributed by atoms with van der Waals surface area (Å²) in [6.45, 7) is 4.64. The molecule has 1 aliphatic rings. The quantitative estimate of drug-likeness (QED) is 0.640. The lowest BCUT2D eigenvalue weighted by Gasteiger charge is -2.35. The predicted molar refractivity (Wildman–Crippen MR) is 112 cm³/mol. The van der Waals surface area contributed by atoms with Gasteiger partial charge < -0.3 is 10.1 Å². The summed E-state index contributed by atoms with van der Waals surface area (Å²) in [5.41, 5.74) is 3.16. The Hall–Kier alpha value is -2.32. The number of rotatable bonds is 7. The van der Waals surface area contributed by atoms with E-state index >= 15 is 0 Å². The highest BCUT2D eigenvalue weighted by atomic mass is 35.5. The lowest BCUT2D eigenvalue weighted by molar-refractivity contribution is 0.0160. The third-order valence-electron chi connectivity index (χ3n) is 5.01. The largest absolute Gasteiger partial charge is 0.379 e. The van der Waals surface area contributed by atoms with Crippen LogP contribution < -0.4 is 5.32 Å². The van der Waals surface area contributed by atoms with Crippen LogP contribution in [-0.2, 0) is 11.3 Å². The van der Waals surface area contributed by atoms with Gasteiger partial charge in [0.1, 0.15) is 18.5 Å². The number of hydrogen-bond donors (Lipinski definition) is 1. The zero-order valence-electron chi connectivity index (χ0n) is 16.1. The summed E-state index contributed by atoms with van der Waals surface area (Å²) in [5, 5.41) is 7.67. The van der Waals surface area contributed by atoms with Gasteiger partial charge in [-0.2, -0.15) is 5.10 Å². The smallest absolute Gasteiger partial charge is 0.138 e. The van der Waals surface area contributed by atoms with Crippen LogP contribution in [0.15, 0.2) is 61.2 Å². The Morgan fingerprint density at radius 2 is 1.90 bits per heavy atom. The molecule has 1 unspecified atom stereocenters. The molecular weight excluding hydrogens is 393 g/mol. The van der Waals surface area contributed by atoms with Gasteiger partial charge in [0, 0.05) is 32.2 Å². The van der Waals surface area contributed by atoms with Gasteiger partial charge in [-0.15, -0.1) is 12.4 Å². The van der Waals surface area contributed by atoms with Crippen LogP contribution >= 0.6 is 12.4 Å². The summed E-state index contributed by atoms with van der Waals surface area (Å²) < 4.78 is 21.0. The van der Waals surface area contributed by atoms with E-state index in [-0.39, 0.29) is 24.3 Å². The zero-order valence-corrected chi connectivity index (χ0v) is 16.9. The average molecular weight is 418 g/mol. The second-order valence-corrected chi connectivity index (χ2v) is 6.86. The van der Waals surface area contributed by atoms with Gasteiger partial charge in [0.05, 0.1) is 18.9 Å². The second kappa shape index (κ2) is 10.5. The number of aromatic nitrogens is 3. The van der Waals surface area contributed by atoms with E-state index < -0.39 is 0 Å². The number of benzene rings is 2. The third-order valence-corrected chi connectivity index (χ3v) is 5.01. The van der Waals surface area contributed by atoms with Crippen LogP contribution in [0.5, 0.6) is 0 Å². The summed E-state index contributed by atoms with van der Waals surface area (Å²) in [6.07, 6.45) is 3.20. The molecule has 1 aromatic heterocycles. The minimum atomic E-state index is -0.195. The minimum absolute atomic E-state index is 0. The Kier molecular flexibility index (Phi) is 7.71. The standard InChI is InChI=1S/C21H24FN5O.ClH/c22-19-3-1-2-18(12-19)21(26-8-10-28-11-9-26)14-23-13-17-4-6-20(7-5-17)27-16-24-15-25-27;/h1-7,12,15-16,21,23H,8-11,13-14H2;1H. The number of ether oxygens (including phenoxy) is 1. The third kappa shape index (κ3) is 5.61. The molecule has 0 radical (unpaired) electrons. The highest BCUT2D eigenvalue weighted by Gasteiger charge is 2.22. The number of nitrogens with zero attached hydrogens (tertiary/aromatic N) is 4. The van der Waals surface area contributed by atoms with Crippen LogP contribution in [0.25, 0.3) is 5.69 Å². The van der Waals surface area contributed by atoms with E-state index in [0.29, 0.717) is 0 Å². The van der Waals surface area contributed by atoms with Crippen LogP contribution in [0.2, 0.25) is 0 Å². The maximum Gasteiger partial charge on any atom is 0.138 e.